The van der Waals surface area contributed by atoms with Gasteiger partial charge in [-0.15, -0.1) is 0 Å². The van der Waals surface area contributed by atoms with E-state index in [1.54, 1.807) is 12.1 Å². The van der Waals surface area contributed by atoms with Crippen molar-refractivity contribution in [2.24, 2.45) is 0 Å². The van der Waals surface area contributed by atoms with E-state index >= 15 is 0 Å². The van der Waals surface area contributed by atoms with E-state index in [9.17, 15) is 9.90 Å². The number of anilines is 1. The Labute approximate surface area is 213 Å². The first kappa shape index (κ1) is 25.6. The molecule has 0 amide bonds. The Hall–Kier alpha value is -3.45. The van der Waals surface area contributed by atoms with Gasteiger partial charge < -0.3 is 19.9 Å². The van der Waals surface area contributed by atoms with Gasteiger partial charge in [0.25, 0.3) is 0 Å². The molecule has 7 nitrogen and oxygen atoms in total. The van der Waals surface area contributed by atoms with E-state index < -0.39 is 5.97 Å². The summed E-state index contributed by atoms with van der Waals surface area (Å²) in [6, 6.07) is 14.5. The molecule has 2 heterocycles. The van der Waals surface area contributed by atoms with E-state index in [1.807, 2.05) is 6.07 Å². The van der Waals surface area contributed by atoms with Crippen molar-refractivity contribution in [1.29, 1.82) is 0 Å². The lowest BCUT2D eigenvalue weighted by atomic mass is 10.1. The van der Waals surface area contributed by atoms with Crippen LogP contribution in [-0.4, -0.2) is 49.7 Å². The van der Waals surface area contributed by atoms with Crippen LogP contribution >= 0.6 is 0 Å². The molecule has 1 unspecified atom stereocenters. The van der Waals surface area contributed by atoms with Crippen LogP contribution in [0.25, 0.3) is 21.9 Å². The van der Waals surface area contributed by atoms with Gasteiger partial charge in [-0.05, 0) is 51.0 Å². The first-order valence-electron chi connectivity index (χ1n) is 12.9. The van der Waals surface area contributed by atoms with Crippen LogP contribution in [0, 0.1) is 0 Å². The lowest BCUT2D eigenvalue weighted by molar-refractivity contribution is -0.940. The number of quaternary nitrogens is 1. The molecule has 0 saturated heterocycles. The molecule has 0 spiro atoms. The minimum atomic E-state index is -0.982. The number of pyridine rings is 1. The third kappa shape index (κ3) is 4.93. The summed E-state index contributed by atoms with van der Waals surface area (Å²) in [5, 5.41) is 10.3. The van der Waals surface area contributed by atoms with Crippen molar-refractivity contribution in [2.75, 3.05) is 19.3 Å². The van der Waals surface area contributed by atoms with Crippen LogP contribution in [0.1, 0.15) is 67.8 Å². The Kier molecular flexibility index (Phi) is 7.31. The number of fused-ring (bicyclic) bond motifs is 3. The fourth-order valence-corrected chi connectivity index (χ4v) is 4.80. The van der Waals surface area contributed by atoms with Crippen LogP contribution in [0.2, 0.25) is 0 Å². The van der Waals surface area contributed by atoms with Gasteiger partial charge in [0.15, 0.2) is 5.82 Å². The van der Waals surface area contributed by atoms with E-state index in [0.29, 0.717) is 29.4 Å². The SMILES string of the molecule is CCCCc1nc2c(N)nc3cc(C(=O)O)ccc3c2n1Cc1ccc(C[N+](C)(CC)C(C)C)cc1. The Balaban J connectivity index is 1.77. The zero-order valence-electron chi connectivity index (χ0n) is 22.1. The highest BCUT2D eigenvalue weighted by molar-refractivity contribution is 6.08. The maximum atomic E-state index is 11.5. The third-order valence-electron chi connectivity index (χ3n) is 7.66. The quantitative estimate of drug-likeness (QED) is 0.282. The maximum Gasteiger partial charge on any atom is 0.335 e. The zero-order valence-corrected chi connectivity index (χ0v) is 22.1. The predicted molar refractivity (Wildman–Crippen MR) is 146 cm³/mol. The summed E-state index contributed by atoms with van der Waals surface area (Å²) < 4.78 is 3.24. The number of unbranched alkanes of at least 4 members (excludes halogenated alkanes) is 1. The van der Waals surface area contributed by atoms with E-state index in [4.69, 9.17) is 10.7 Å². The molecule has 0 saturated carbocycles. The van der Waals surface area contributed by atoms with Crippen LogP contribution in [0.4, 0.5) is 5.82 Å². The predicted octanol–water partition coefficient (Wildman–Crippen LogP) is 5.63. The fourth-order valence-electron chi connectivity index (χ4n) is 4.80. The molecule has 2 aromatic heterocycles. The number of aryl methyl sites for hydroxylation is 1. The summed E-state index contributed by atoms with van der Waals surface area (Å²) >= 11 is 0. The summed E-state index contributed by atoms with van der Waals surface area (Å²) in [6.07, 6.45) is 2.94. The minimum Gasteiger partial charge on any atom is -0.478 e. The van der Waals surface area contributed by atoms with Crippen molar-refractivity contribution in [3.05, 3.63) is 65.0 Å². The van der Waals surface area contributed by atoms with Crippen LogP contribution in [0.5, 0.6) is 0 Å². The number of nitrogens with two attached hydrogens (primary N) is 1. The number of nitrogen functional groups attached to an aromatic ring is 1. The zero-order chi connectivity index (χ0) is 26.0. The Morgan fingerprint density at radius 1 is 1.08 bits per heavy atom. The average Bonchev–Trinajstić information content (AvgIpc) is 3.22. The molecule has 1 atom stereocenters. The summed E-state index contributed by atoms with van der Waals surface area (Å²) in [4.78, 5) is 20.9. The van der Waals surface area contributed by atoms with E-state index in [2.05, 4.69) is 68.6 Å². The summed E-state index contributed by atoms with van der Waals surface area (Å²) in [7, 11) is 2.32. The molecule has 0 aliphatic heterocycles. The van der Waals surface area contributed by atoms with Gasteiger partial charge >= 0.3 is 5.97 Å². The minimum absolute atomic E-state index is 0.195. The van der Waals surface area contributed by atoms with Crippen LogP contribution < -0.4 is 5.73 Å². The van der Waals surface area contributed by atoms with Crippen molar-refractivity contribution < 1.29 is 14.4 Å². The number of imidazole rings is 1. The van der Waals surface area contributed by atoms with E-state index in [0.717, 1.165) is 53.6 Å². The number of carboxylic acid groups (broad SMARTS) is 1. The van der Waals surface area contributed by atoms with Crippen LogP contribution in [0.15, 0.2) is 42.5 Å². The molecule has 190 valence electrons. The first-order valence-corrected chi connectivity index (χ1v) is 12.9. The summed E-state index contributed by atoms with van der Waals surface area (Å²) in [5.74, 6) is 0.330. The molecule has 0 fully saturated rings. The number of carbonyl (C=O) groups is 1. The molecule has 4 aromatic rings. The molecule has 7 heteroatoms. The summed E-state index contributed by atoms with van der Waals surface area (Å²) in [6.45, 7) is 11.7. The lowest BCUT2D eigenvalue weighted by Crippen LogP contribution is -2.48. The van der Waals surface area contributed by atoms with Crippen molar-refractivity contribution in [1.82, 2.24) is 14.5 Å². The maximum absolute atomic E-state index is 11.5. The number of rotatable bonds is 10. The van der Waals surface area contributed by atoms with Gasteiger partial charge in [0.2, 0.25) is 0 Å². The van der Waals surface area contributed by atoms with Crippen LogP contribution in [-0.2, 0) is 19.5 Å². The number of benzene rings is 2. The van der Waals surface area contributed by atoms with Gasteiger partial charge in [-0.25, -0.2) is 14.8 Å². The fraction of sp³-hybridized carbons (Fsp3) is 0.414. The van der Waals surface area contributed by atoms with Gasteiger partial charge in [0, 0.05) is 23.9 Å². The summed E-state index contributed by atoms with van der Waals surface area (Å²) in [5.41, 5.74) is 11.2. The average molecular weight is 489 g/mol. The topological polar surface area (TPSA) is 94.0 Å². The molecule has 2 aromatic carbocycles. The lowest BCUT2D eigenvalue weighted by Gasteiger charge is -2.37. The second kappa shape index (κ2) is 10.3. The molecule has 4 rings (SSSR count). The number of aromatic carboxylic acids is 1. The highest BCUT2D eigenvalue weighted by Gasteiger charge is 2.24. The molecule has 3 N–H and O–H groups in total. The number of nitrogens with zero attached hydrogens (tertiary/aromatic N) is 4. The second-order valence-electron chi connectivity index (χ2n) is 10.3. The highest BCUT2D eigenvalue weighted by Crippen LogP contribution is 2.31. The van der Waals surface area contributed by atoms with Gasteiger partial charge in [0.1, 0.15) is 17.9 Å². The van der Waals surface area contributed by atoms with E-state index in [1.165, 1.54) is 11.1 Å². The molecule has 0 aliphatic rings. The molecular formula is C29H38N5O2+. The molecule has 0 aliphatic carbocycles. The Morgan fingerprint density at radius 2 is 1.78 bits per heavy atom. The number of hydrogen-bond donors (Lipinski definition) is 2. The van der Waals surface area contributed by atoms with Crippen molar-refractivity contribution in [3.8, 4) is 0 Å². The first-order chi connectivity index (χ1) is 17.2. The van der Waals surface area contributed by atoms with Crippen molar-refractivity contribution in [2.45, 2.75) is 66.1 Å². The largest absolute Gasteiger partial charge is 0.478 e. The van der Waals surface area contributed by atoms with Gasteiger partial charge in [-0.2, -0.15) is 0 Å². The van der Waals surface area contributed by atoms with Gasteiger partial charge in [0.05, 0.1) is 36.2 Å². The molecule has 36 heavy (non-hydrogen) atoms. The Bertz CT molecular complexity index is 1390. The van der Waals surface area contributed by atoms with E-state index in [-0.39, 0.29) is 5.56 Å². The molecule has 0 bridgehead atoms. The van der Waals surface area contributed by atoms with Crippen molar-refractivity contribution >= 4 is 33.7 Å². The smallest absolute Gasteiger partial charge is 0.335 e. The van der Waals surface area contributed by atoms with Crippen LogP contribution in [0.3, 0.4) is 0 Å². The molecular weight excluding hydrogens is 450 g/mol. The number of hydrogen-bond acceptors (Lipinski definition) is 4. The third-order valence-corrected chi connectivity index (χ3v) is 7.66. The van der Waals surface area contributed by atoms with Crippen molar-refractivity contribution in [3.63, 3.8) is 0 Å². The molecule has 0 radical (unpaired) electrons. The monoisotopic (exact) mass is 488 g/mol. The second-order valence-corrected chi connectivity index (χ2v) is 10.3. The normalized spacial score (nSPS) is 13.5. The van der Waals surface area contributed by atoms with Gasteiger partial charge in [-0.3, -0.25) is 0 Å². The van der Waals surface area contributed by atoms with Gasteiger partial charge in [-0.1, -0.05) is 37.6 Å². The Morgan fingerprint density at radius 3 is 2.39 bits per heavy atom. The highest BCUT2D eigenvalue weighted by atomic mass is 16.4. The number of carboxylic acids is 1. The standard InChI is InChI=1S/C29H37N5O2/c1-6-8-9-25-32-26-27(23-15-14-22(29(35)36)16-24(23)31-28(26)30)33(25)17-20-10-12-21(13-11-20)18-34(5,7-2)19(3)4/h10-16,19H,6-9,17-18H2,1-5H3,(H2-,30,31,35,36)/p+1. The number of aromatic nitrogens is 3.